The molecule has 1 fully saturated rings. The summed E-state index contributed by atoms with van der Waals surface area (Å²) >= 11 is 0. The predicted octanol–water partition coefficient (Wildman–Crippen LogP) is 5.44. The van der Waals surface area contributed by atoms with E-state index in [2.05, 4.69) is 73.3 Å². The highest BCUT2D eigenvalue weighted by Crippen LogP contribution is 2.28. The molecule has 1 nitrogen and oxygen atoms in total. The van der Waals surface area contributed by atoms with Gasteiger partial charge in [-0.2, -0.15) is 0 Å². The van der Waals surface area contributed by atoms with Crippen molar-refractivity contribution in [3.05, 3.63) is 71.3 Å². The Morgan fingerprint density at radius 1 is 0.958 bits per heavy atom. The van der Waals surface area contributed by atoms with Gasteiger partial charge in [0.15, 0.2) is 0 Å². The molecule has 2 aromatic carbocycles. The van der Waals surface area contributed by atoms with Crippen LogP contribution in [0.2, 0.25) is 0 Å². The second-order valence-corrected chi connectivity index (χ2v) is 7.62. The minimum absolute atomic E-state index is 0.769. The Balaban J connectivity index is 1.40. The van der Waals surface area contributed by atoms with Crippen molar-refractivity contribution in [1.29, 1.82) is 0 Å². The number of hydrogen-bond donors (Lipinski definition) is 0. The highest BCUT2D eigenvalue weighted by molar-refractivity contribution is 5.21. The Hall–Kier alpha value is -1.60. The summed E-state index contributed by atoms with van der Waals surface area (Å²) in [6.45, 7) is 8.35. The fourth-order valence-electron chi connectivity index (χ4n) is 3.87. The monoisotopic (exact) mass is 321 g/mol. The molecule has 0 radical (unpaired) electrons. The molecular weight excluding hydrogens is 290 g/mol. The van der Waals surface area contributed by atoms with Crippen LogP contribution in [0.3, 0.4) is 0 Å². The van der Waals surface area contributed by atoms with Crippen molar-refractivity contribution in [3.63, 3.8) is 0 Å². The van der Waals surface area contributed by atoms with E-state index in [0.29, 0.717) is 0 Å². The topological polar surface area (TPSA) is 3.24 Å². The maximum atomic E-state index is 2.68. The second kappa shape index (κ2) is 8.48. The lowest BCUT2D eigenvalue weighted by molar-refractivity contribution is 0.184. The molecule has 128 valence electrons. The highest BCUT2D eigenvalue weighted by atomic mass is 15.1. The van der Waals surface area contributed by atoms with Crippen LogP contribution in [0.5, 0.6) is 0 Å². The van der Waals surface area contributed by atoms with E-state index >= 15 is 0 Å². The van der Waals surface area contributed by atoms with Crippen LogP contribution in [0.15, 0.2) is 54.6 Å². The van der Waals surface area contributed by atoms with Crippen molar-refractivity contribution in [3.8, 4) is 0 Å². The van der Waals surface area contributed by atoms with Crippen LogP contribution < -0.4 is 0 Å². The third-order valence-corrected chi connectivity index (χ3v) is 5.47. The van der Waals surface area contributed by atoms with Crippen molar-refractivity contribution in [2.24, 2.45) is 5.92 Å². The average molecular weight is 322 g/mol. The van der Waals surface area contributed by atoms with Gasteiger partial charge in [-0.15, -0.1) is 0 Å². The van der Waals surface area contributed by atoms with E-state index in [0.717, 1.165) is 11.8 Å². The Labute approximate surface area is 147 Å². The Morgan fingerprint density at radius 2 is 1.62 bits per heavy atom. The van der Waals surface area contributed by atoms with Crippen LogP contribution >= 0.6 is 0 Å². The maximum Gasteiger partial charge on any atom is 0.000714 e. The van der Waals surface area contributed by atoms with Crippen LogP contribution in [0, 0.1) is 12.8 Å². The maximum absolute atomic E-state index is 2.68. The molecule has 0 saturated carbocycles. The van der Waals surface area contributed by atoms with E-state index < -0.39 is 0 Å². The van der Waals surface area contributed by atoms with Crippen LogP contribution in [-0.2, 0) is 6.42 Å². The van der Waals surface area contributed by atoms with Crippen molar-refractivity contribution >= 4 is 0 Å². The molecule has 1 atom stereocenters. The SMILES string of the molecule is Cc1ccc(CCC(C)CN2CCC(c3ccccc3)CC2)cc1. The molecule has 3 rings (SSSR count). The van der Waals surface area contributed by atoms with E-state index in [1.54, 1.807) is 0 Å². The summed E-state index contributed by atoms with van der Waals surface area (Å²) in [5, 5.41) is 0. The second-order valence-electron chi connectivity index (χ2n) is 7.62. The van der Waals surface area contributed by atoms with Crippen molar-refractivity contribution in [1.82, 2.24) is 4.90 Å². The first-order chi connectivity index (χ1) is 11.7. The van der Waals surface area contributed by atoms with Gasteiger partial charge < -0.3 is 4.90 Å². The summed E-state index contributed by atoms with van der Waals surface area (Å²) in [7, 11) is 0. The molecule has 0 bridgehead atoms. The number of hydrogen-bond acceptors (Lipinski definition) is 1. The number of aryl methyl sites for hydroxylation is 2. The van der Waals surface area contributed by atoms with Crippen LogP contribution in [0.4, 0.5) is 0 Å². The number of benzene rings is 2. The smallest absolute Gasteiger partial charge is 0.000714 e. The molecule has 1 heteroatoms. The van der Waals surface area contributed by atoms with Crippen molar-refractivity contribution in [2.45, 2.75) is 45.4 Å². The zero-order valence-corrected chi connectivity index (χ0v) is 15.2. The molecule has 0 N–H and O–H groups in total. The molecule has 1 heterocycles. The Bertz CT molecular complexity index is 594. The standard InChI is InChI=1S/C23H31N/c1-19-8-11-21(12-9-19)13-10-20(2)18-24-16-14-23(15-17-24)22-6-4-3-5-7-22/h3-9,11-12,20,23H,10,13-18H2,1-2H3. The van der Waals surface area contributed by atoms with Crippen molar-refractivity contribution in [2.75, 3.05) is 19.6 Å². The lowest BCUT2D eigenvalue weighted by atomic mass is 9.89. The van der Waals surface area contributed by atoms with E-state index in [4.69, 9.17) is 0 Å². The first kappa shape index (κ1) is 17.2. The first-order valence-corrected chi connectivity index (χ1v) is 9.53. The number of nitrogens with zero attached hydrogens (tertiary/aromatic N) is 1. The van der Waals surface area contributed by atoms with Gasteiger partial charge in [0, 0.05) is 6.54 Å². The van der Waals surface area contributed by atoms with Gasteiger partial charge in [0.05, 0.1) is 0 Å². The molecule has 1 unspecified atom stereocenters. The Morgan fingerprint density at radius 3 is 2.29 bits per heavy atom. The summed E-state index contributed by atoms with van der Waals surface area (Å²) in [6, 6.07) is 20.1. The number of likely N-dealkylation sites (tertiary alicyclic amines) is 1. The molecule has 0 aliphatic carbocycles. The molecule has 24 heavy (non-hydrogen) atoms. The van der Waals surface area contributed by atoms with Gasteiger partial charge in [-0.3, -0.25) is 0 Å². The third kappa shape index (κ3) is 4.95. The van der Waals surface area contributed by atoms with Gasteiger partial charge in [-0.05, 0) is 68.7 Å². The zero-order chi connectivity index (χ0) is 16.8. The Kier molecular flexibility index (Phi) is 6.09. The summed E-state index contributed by atoms with van der Waals surface area (Å²) in [4.78, 5) is 2.68. The summed E-state index contributed by atoms with van der Waals surface area (Å²) < 4.78 is 0. The fourth-order valence-corrected chi connectivity index (χ4v) is 3.87. The molecule has 0 aromatic heterocycles. The van der Waals surface area contributed by atoms with Gasteiger partial charge >= 0.3 is 0 Å². The van der Waals surface area contributed by atoms with Crippen LogP contribution in [0.1, 0.15) is 48.8 Å². The quantitative estimate of drug-likeness (QED) is 0.684. The van der Waals surface area contributed by atoms with E-state index in [9.17, 15) is 0 Å². The highest BCUT2D eigenvalue weighted by Gasteiger charge is 2.21. The number of piperidine rings is 1. The minimum atomic E-state index is 0.769. The summed E-state index contributed by atoms with van der Waals surface area (Å²) in [5.41, 5.74) is 4.37. The van der Waals surface area contributed by atoms with Gasteiger partial charge in [-0.1, -0.05) is 67.1 Å². The van der Waals surface area contributed by atoms with E-state index in [1.165, 1.54) is 62.0 Å². The summed E-state index contributed by atoms with van der Waals surface area (Å²) in [6.07, 6.45) is 5.13. The molecule has 1 saturated heterocycles. The lowest BCUT2D eigenvalue weighted by Gasteiger charge is -2.33. The van der Waals surface area contributed by atoms with Gasteiger partial charge in [-0.25, -0.2) is 0 Å². The van der Waals surface area contributed by atoms with Crippen molar-refractivity contribution < 1.29 is 0 Å². The largest absolute Gasteiger partial charge is 0.303 e. The molecule has 1 aliphatic rings. The van der Waals surface area contributed by atoms with Gasteiger partial charge in [0.1, 0.15) is 0 Å². The molecule has 0 spiro atoms. The summed E-state index contributed by atoms with van der Waals surface area (Å²) in [5.74, 6) is 1.55. The minimum Gasteiger partial charge on any atom is -0.303 e. The van der Waals surface area contributed by atoms with E-state index in [1.807, 2.05) is 0 Å². The fraction of sp³-hybridized carbons (Fsp3) is 0.478. The first-order valence-electron chi connectivity index (χ1n) is 9.53. The van der Waals surface area contributed by atoms with Crippen LogP contribution in [0.25, 0.3) is 0 Å². The normalized spacial score (nSPS) is 17.8. The molecule has 2 aromatic rings. The number of rotatable bonds is 6. The van der Waals surface area contributed by atoms with Gasteiger partial charge in [0.2, 0.25) is 0 Å². The van der Waals surface area contributed by atoms with E-state index in [-0.39, 0.29) is 0 Å². The molecule has 0 amide bonds. The predicted molar refractivity (Wildman–Crippen MR) is 104 cm³/mol. The van der Waals surface area contributed by atoms with Crippen LogP contribution in [-0.4, -0.2) is 24.5 Å². The molecular formula is C23H31N. The lowest BCUT2D eigenvalue weighted by Crippen LogP contribution is -2.36. The molecule has 1 aliphatic heterocycles. The average Bonchev–Trinajstić information content (AvgIpc) is 2.63. The van der Waals surface area contributed by atoms with Gasteiger partial charge in [0.25, 0.3) is 0 Å². The zero-order valence-electron chi connectivity index (χ0n) is 15.2. The third-order valence-electron chi connectivity index (χ3n) is 5.47.